The minimum atomic E-state index is -3.99. The molecule has 44 heavy (non-hydrogen) atoms. The average Bonchev–Trinajstić information content (AvgIpc) is 3.21. The Morgan fingerprint density at radius 1 is 0.955 bits per heavy atom. The van der Waals surface area contributed by atoms with Crippen molar-refractivity contribution in [2.24, 2.45) is 0 Å². The molecule has 0 radical (unpaired) electrons. The van der Waals surface area contributed by atoms with Crippen molar-refractivity contribution in [1.29, 1.82) is 0 Å². The van der Waals surface area contributed by atoms with Crippen LogP contribution in [0.2, 0.25) is 10.0 Å². The third-order valence-electron chi connectivity index (χ3n) is 8.24. The summed E-state index contributed by atoms with van der Waals surface area (Å²) >= 11 is 12.7. The predicted octanol–water partition coefficient (Wildman–Crippen LogP) is 6.01. The fraction of sp³-hybridized carbons (Fsp3) is 0.364. The van der Waals surface area contributed by atoms with Gasteiger partial charge in [0.1, 0.15) is 10.9 Å². The van der Waals surface area contributed by atoms with Crippen molar-refractivity contribution in [3.63, 3.8) is 0 Å². The van der Waals surface area contributed by atoms with E-state index in [4.69, 9.17) is 23.2 Å². The molecule has 3 aromatic rings. The predicted molar refractivity (Wildman–Crippen MR) is 170 cm³/mol. The second kappa shape index (κ2) is 14.1. The number of hydrogen-bond donors (Lipinski definition) is 1. The Morgan fingerprint density at radius 3 is 2.36 bits per heavy atom. The molecule has 1 fully saturated rings. The van der Waals surface area contributed by atoms with Gasteiger partial charge in [0, 0.05) is 42.0 Å². The Labute approximate surface area is 268 Å². The maximum Gasteiger partial charge on any atom is 0.269 e. The molecule has 232 valence electrons. The van der Waals surface area contributed by atoms with E-state index in [1.54, 1.807) is 30.3 Å². The van der Waals surface area contributed by atoms with E-state index in [1.165, 1.54) is 17.0 Å². The molecule has 11 heteroatoms. The Hall–Kier alpha value is -3.40. The van der Waals surface area contributed by atoms with E-state index in [0.717, 1.165) is 42.0 Å². The first-order chi connectivity index (χ1) is 21.1. The normalized spacial score (nSPS) is 16.8. The molecule has 5 rings (SSSR count). The highest BCUT2D eigenvalue weighted by Gasteiger charge is 2.40. The van der Waals surface area contributed by atoms with Gasteiger partial charge in [-0.15, -0.1) is 0 Å². The summed E-state index contributed by atoms with van der Waals surface area (Å²) in [6.45, 7) is -0.106. The lowest BCUT2D eigenvalue weighted by Crippen LogP contribution is -2.53. The summed E-state index contributed by atoms with van der Waals surface area (Å²) in [5, 5.41) is 4.01. The summed E-state index contributed by atoms with van der Waals surface area (Å²) in [7, 11) is -3.99. The first-order valence-electron chi connectivity index (χ1n) is 14.9. The lowest BCUT2D eigenvalue weighted by atomic mass is 9.94. The molecule has 1 saturated carbocycles. The second-order valence-electron chi connectivity index (χ2n) is 11.3. The van der Waals surface area contributed by atoms with Gasteiger partial charge in [0.2, 0.25) is 11.8 Å². The van der Waals surface area contributed by atoms with E-state index in [9.17, 15) is 22.8 Å². The molecule has 0 bridgehead atoms. The van der Waals surface area contributed by atoms with Crippen LogP contribution in [0.15, 0.2) is 77.7 Å². The quantitative estimate of drug-likeness (QED) is 0.273. The Balaban J connectivity index is 1.39. The molecule has 3 aromatic carbocycles. The third kappa shape index (κ3) is 7.28. The number of amides is 3. The largest absolute Gasteiger partial charge is 0.352 e. The number of benzene rings is 3. The van der Waals surface area contributed by atoms with Gasteiger partial charge in [-0.3, -0.25) is 14.4 Å². The lowest BCUT2D eigenvalue weighted by Gasteiger charge is -2.34. The molecule has 8 nitrogen and oxygen atoms in total. The van der Waals surface area contributed by atoms with Crippen LogP contribution in [0.5, 0.6) is 0 Å². The molecule has 1 unspecified atom stereocenters. The van der Waals surface area contributed by atoms with Crippen LogP contribution in [0.4, 0.5) is 0 Å². The smallest absolute Gasteiger partial charge is 0.269 e. The monoisotopic (exact) mass is 655 g/mol. The topological polar surface area (TPSA) is 104 Å². The maximum atomic E-state index is 14.0. The van der Waals surface area contributed by atoms with Crippen LogP contribution >= 0.6 is 23.2 Å². The van der Waals surface area contributed by atoms with Gasteiger partial charge >= 0.3 is 0 Å². The summed E-state index contributed by atoms with van der Waals surface area (Å²) in [5.41, 5.74) is 1.64. The van der Waals surface area contributed by atoms with E-state index in [1.807, 2.05) is 30.3 Å². The third-order valence-corrected chi connectivity index (χ3v) is 10.7. The average molecular weight is 657 g/mol. The molecule has 0 spiro atoms. The van der Waals surface area contributed by atoms with Gasteiger partial charge in [-0.25, -0.2) is 12.7 Å². The van der Waals surface area contributed by atoms with Crippen molar-refractivity contribution >= 4 is 50.9 Å². The van der Waals surface area contributed by atoms with Gasteiger partial charge in [0.15, 0.2) is 0 Å². The van der Waals surface area contributed by atoms with Gasteiger partial charge in [0.25, 0.3) is 15.9 Å². The van der Waals surface area contributed by atoms with Crippen LogP contribution in [0.1, 0.15) is 66.4 Å². The van der Waals surface area contributed by atoms with Crippen molar-refractivity contribution in [3.05, 3.63) is 99.5 Å². The van der Waals surface area contributed by atoms with Gasteiger partial charge in [-0.05, 0) is 54.7 Å². The molecule has 2 aliphatic rings. The molecule has 0 aromatic heterocycles. The van der Waals surface area contributed by atoms with E-state index >= 15 is 0 Å². The van der Waals surface area contributed by atoms with Crippen molar-refractivity contribution in [3.8, 4) is 0 Å². The fourth-order valence-corrected chi connectivity index (χ4v) is 7.98. The zero-order valence-electron chi connectivity index (χ0n) is 24.3. The Bertz CT molecular complexity index is 1630. The maximum absolute atomic E-state index is 14.0. The minimum Gasteiger partial charge on any atom is -0.352 e. The fourth-order valence-electron chi connectivity index (χ4n) is 5.90. The lowest BCUT2D eigenvalue weighted by molar-refractivity contribution is -0.141. The van der Waals surface area contributed by atoms with Crippen LogP contribution in [0.25, 0.3) is 0 Å². The van der Waals surface area contributed by atoms with E-state index in [2.05, 4.69) is 5.32 Å². The molecule has 3 amide bonds. The number of hydrogen-bond acceptors (Lipinski definition) is 5. The standard InChI is InChI=1S/C33H35Cl2N3O5S/c34-25-18-17-24(28(35)21-25)22-37(29(20-23-10-3-1-4-11-23)32(40)36-26-12-5-2-6-13-26)31(39)16-9-19-38-33(41)27-14-7-8-15-30(27)44(38,42)43/h1,3-4,7-8,10-11,14-15,17-18,21,26,29H,2,5-6,9,12-13,16,19-20,22H2,(H,36,40). The molecule has 1 aliphatic heterocycles. The zero-order valence-corrected chi connectivity index (χ0v) is 26.6. The van der Waals surface area contributed by atoms with E-state index < -0.39 is 22.0 Å². The van der Waals surface area contributed by atoms with Gasteiger partial charge in [-0.2, -0.15) is 0 Å². The molecule has 1 heterocycles. The molecule has 1 N–H and O–H groups in total. The molecular weight excluding hydrogens is 621 g/mol. The van der Waals surface area contributed by atoms with E-state index in [-0.39, 0.29) is 60.7 Å². The number of rotatable bonds is 11. The molecule has 1 atom stereocenters. The summed E-state index contributed by atoms with van der Waals surface area (Å²) in [6.07, 6.45) is 5.29. The molecule has 1 aliphatic carbocycles. The summed E-state index contributed by atoms with van der Waals surface area (Å²) < 4.78 is 26.9. The van der Waals surface area contributed by atoms with Crippen LogP contribution in [-0.4, -0.2) is 54.0 Å². The van der Waals surface area contributed by atoms with E-state index in [0.29, 0.717) is 15.6 Å². The number of nitrogens with one attached hydrogen (secondary N) is 1. The highest BCUT2D eigenvalue weighted by Crippen LogP contribution is 2.30. The first-order valence-corrected chi connectivity index (χ1v) is 17.1. The Kier molecular flexibility index (Phi) is 10.3. The number of sulfonamides is 1. The number of fused-ring (bicyclic) bond motifs is 1. The van der Waals surface area contributed by atoms with Crippen molar-refractivity contribution < 1.29 is 22.8 Å². The summed E-state index contributed by atoms with van der Waals surface area (Å²) in [6, 6.07) is 19.8. The number of nitrogens with zero attached hydrogens (tertiary/aromatic N) is 2. The SMILES string of the molecule is O=C(NC1CCCCC1)C(Cc1ccccc1)N(Cc1ccc(Cl)cc1Cl)C(=O)CCCN1C(=O)c2ccccc2S1(=O)=O. The van der Waals surface area contributed by atoms with Crippen LogP contribution in [-0.2, 0) is 32.6 Å². The van der Waals surface area contributed by atoms with Crippen molar-refractivity contribution in [1.82, 2.24) is 14.5 Å². The first kappa shape index (κ1) is 32.0. The highest BCUT2D eigenvalue weighted by atomic mass is 35.5. The van der Waals surface area contributed by atoms with Crippen molar-refractivity contribution in [2.45, 2.75) is 74.9 Å². The molecular formula is C33H35Cl2N3O5S. The van der Waals surface area contributed by atoms with Gasteiger partial charge in [-0.1, -0.05) is 91.0 Å². The summed E-state index contributed by atoms with van der Waals surface area (Å²) in [4.78, 5) is 42.3. The van der Waals surface area contributed by atoms with Crippen molar-refractivity contribution in [2.75, 3.05) is 6.54 Å². The highest BCUT2D eigenvalue weighted by molar-refractivity contribution is 7.90. The van der Waals surface area contributed by atoms with Gasteiger partial charge in [0.05, 0.1) is 5.56 Å². The Morgan fingerprint density at radius 2 is 1.66 bits per heavy atom. The van der Waals surface area contributed by atoms with Crippen LogP contribution in [0, 0.1) is 0 Å². The second-order valence-corrected chi connectivity index (χ2v) is 14.0. The number of carbonyl (C=O) groups excluding carboxylic acids is 3. The molecule has 0 saturated heterocycles. The minimum absolute atomic E-state index is 0.0300. The van der Waals surface area contributed by atoms with Crippen LogP contribution in [0.3, 0.4) is 0 Å². The van der Waals surface area contributed by atoms with Crippen LogP contribution < -0.4 is 5.32 Å². The summed E-state index contributed by atoms with van der Waals surface area (Å²) in [5.74, 6) is -1.20. The van der Waals surface area contributed by atoms with Gasteiger partial charge < -0.3 is 10.2 Å². The zero-order chi connectivity index (χ0) is 31.3. The number of carbonyl (C=O) groups is 3. The number of halogens is 2.